The molecule has 0 heterocycles. The first kappa shape index (κ1) is 10.2. The predicted octanol–water partition coefficient (Wildman–Crippen LogP) is 0.0712. The Kier molecular flexibility index (Phi) is 3.89. The Morgan fingerprint density at radius 3 is 2.27 bits per heavy atom. The van der Waals surface area contributed by atoms with Crippen LogP contribution in [0.4, 0.5) is 0 Å². The standard InChI is InChI=1S/C7H18N4/c1-7(2,3)5-10-6(9-4)11-8/h5,8H2,1-4H3,(H2,9,10,11). The molecule has 0 aromatic heterocycles. The molecule has 0 unspecified atom stereocenters. The van der Waals surface area contributed by atoms with Crippen molar-refractivity contribution in [3.63, 3.8) is 0 Å². The molecular formula is C7H18N4. The van der Waals surface area contributed by atoms with E-state index in [1.807, 2.05) is 0 Å². The van der Waals surface area contributed by atoms with Gasteiger partial charge in [0.1, 0.15) is 0 Å². The molecule has 0 aliphatic rings. The van der Waals surface area contributed by atoms with Crippen molar-refractivity contribution >= 4 is 5.96 Å². The van der Waals surface area contributed by atoms with E-state index in [1.165, 1.54) is 0 Å². The Balaban J connectivity index is 3.70. The Morgan fingerprint density at radius 1 is 1.45 bits per heavy atom. The molecule has 0 aromatic rings. The average Bonchev–Trinajstić information content (AvgIpc) is 1.88. The van der Waals surface area contributed by atoms with E-state index in [1.54, 1.807) is 7.05 Å². The van der Waals surface area contributed by atoms with Crippen LogP contribution in [0.3, 0.4) is 0 Å². The van der Waals surface area contributed by atoms with Crippen molar-refractivity contribution in [3.05, 3.63) is 0 Å². The zero-order valence-corrected chi connectivity index (χ0v) is 7.73. The van der Waals surface area contributed by atoms with Crippen molar-refractivity contribution in [2.75, 3.05) is 13.6 Å². The third kappa shape index (κ3) is 5.66. The van der Waals surface area contributed by atoms with Crippen molar-refractivity contribution in [3.8, 4) is 0 Å². The number of hydrazine groups is 1. The van der Waals surface area contributed by atoms with Gasteiger partial charge in [-0.25, -0.2) is 5.84 Å². The smallest absolute Gasteiger partial charge is 0.205 e. The quantitative estimate of drug-likeness (QED) is 0.219. The molecule has 4 heteroatoms. The molecule has 11 heavy (non-hydrogen) atoms. The van der Waals surface area contributed by atoms with Crippen molar-refractivity contribution < 1.29 is 0 Å². The zero-order valence-electron chi connectivity index (χ0n) is 7.73. The molecule has 4 N–H and O–H groups in total. The third-order valence-electron chi connectivity index (χ3n) is 1.15. The fraction of sp³-hybridized carbons (Fsp3) is 0.857. The summed E-state index contributed by atoms with van der Waals surface area (Å²) in [4.78, 5) is 3.88. The zero-order chi connectivity index (χ0) is 8.91. The lowest BCUT2D eigenvalue weighted by atomic mass is 9.97. The van der Waals surface area contributed by atoms with Gasteiger partial charge < -0.3 is 5.32 Å². The van der Waals surface area contributed by atoms with Crippen LogP contribution in [0.15, 0.2) is 4.99 Å². The highest BCUT2D eigenvalue weighted by Crippen LogP contribution is 2.09. The van der Waals surface area contributed by atoms with Gasteiger partial charge in [0.25, 0.3) is 0 Å². The summed E-state index contributed by atoms with van der Waals surface area (Å²) >= 11 is 0. The minimum absolute atomic E-state index is 0.243. The van der Waals surface area contributed by atoms with Crippen molar-refractivity contribution in [1.29, 1.82) is 0 Å². The maximum Gasteiger partial charge on any atom is 0.205 e. The molecule has 0 atom stereocenters. The number of hydrogen-bond donors (Lipinski definition) is 3. The van der Waals surface area contributed by atoms with E-state index in [4.69, 9.17) is 5.84 Å². The Bertz CT molecular complexity index is 134. The van der Waals surface area contributed by atoms with E-state index in [2.05, 4.69) is 36.5 Å². The predicted molar refractivity (Wildman–Crippen MR) is 48.1 cm³/mol. The van der Waals surface area contributed by atoms with Crippen molar-refractivity contribution in [1.82, 2.24) is 10.7 Å². The number of nitrogens with one attached hydrogen (secondary N) is 2. The molecule has 0 radical (unpaired) electrons. The molecule has 0 saturated carbocycles. The van der Waals surface area contributed by atoms with Gasteiger partial charge in [-0.1, -0.05) is 20.8 Å². The van der Waals surface area contributed by atoms with Gasteiger partial charge >= 0.3 is 0 Å². The largest absolute Gasteiger partial charge is 0.355 e. The van der Waals surface area contributed by atoms with Crippen LogP contribution in [-0.4, -0.2) is 19.6 Å². The lowest BCUT2D eigenvalue weighted by Crippen LogP contribution is -2.44. The maximum absolute atomic E-state index is 5.17. The second kappa shape index (κ2) is 4.18. The van der Waals surface area contributed by atoms with Gasteiger partial charge in [0.05, 0.1) is 0 Å². The highest BCUT2D eigenvalue weighted by Gasteiger charge is 2.09. The minimum Gasteiger partial charge on any atom is -0.355 e. The Labute approximate surface area is 68.2 Å². The van der Waals surface area contributed by atoms with Gasteiger partial charge in [0.2, 0.25) is 5.96 Å². The van der Waals surface area contributed by atoms with Gasteiger partial charge in [-0.15, -0.1) is 0 Å². The summed E-state index contributed by atoms with van der Waals surface area (Å²) in [6.07, 6.45) is 0. The first-order chi connectivity index (χ1) is 4.99. The normalized spacial score (nSPS) is 13.0. The molecule has 0 aliphatic carbocycles. The molecule has 0 aliphatic heterocycles. The Hall–Kier alpha value is -0.770. The van der Waals surface area contributed by atoms with Crippen LogP contribution in [0.1, 0.15) is 20.8 Å². The molecule has 4 nitrogen and oxygen atoms in total. The SMILES string of the molecule is CN=C(NN)NCC(C)(C)C. The van der Waals surface area contributed by atoms with Crippen LogP contribution in [0, 0.1) is 5.41 Å². The van der Waals surface area contributed by atoms with E-state index in [-0.39, 0.29) is 5.41 Å². The number of aliphatic imine (C=N–C) groups is 1. The monoisotopic (exact) mass is 158 g/mol. The fourth-order valence-corrected chi connectivity index (χ4v) is 0.544. The lowest BCUT2D eigenvalue weighted by Gasteiger charge is -2.19. The summed E-state index contributed by atoms with van der Waals surface area (Å²) in [7, 11) is 1.69. The molecule has 0 rings (SSSR count). The molecule has 0 aromatic carbocycles. The number of guanidine groups is 1. The number of hydrogen-bond acceptors (Lipinski definition) is 2. The molecule has 0 fully saturated rings. The number of nitrogens with zero attached hydrogens (tertiary/aromatic N) is 1. The molecule has 0 saturated heterocycles. The van der Waals surface area contributed by atoms with Gasteiger partial charge in [0.15, 0.2) is 0 Å². The third-order valence-corrected chi connectivity index (χ3v) is 1.15. The minimum atomic E-state index is 0.243. The average molecular weight is 158 g/mol. The van der Waals surface area contributed by atoms with Crippen LogP contribution in [0.2, 0.25) is 0 Å². The van der Waals surface area contributed by atoms with E-state index in [0.717, 1.165) is 6.54 Å². The molecule has 0 bridgehead atoms. The Morgan fingerprint density at radius 2 is 2.00 bits per heavy atom. The fourth-order valence-electron chi connectivity index (χ4n) is 0.544. The van der Waals surface area contributed by atoms with Crippen LogP contribution in [0.5, 0.6) is 0 Å². The summed E-state index contributed by atoms with van der Waals surface area (Å²) in [6, 6.07) is 0. The first-order valence-corrected chi connectivity index (χ1v) is 3.67. The molecule has 0 amide bonds. The van der Waals surface area contributed by atoms with Crippen LogP contribution in [0.25, 0.3) is 0 Å². The van der Waals surface area contributed by atoms with Gasteiger partial charge in [-0.2, -0.15) is 0 Å². The molecular weight excluding hydrogens is 140 g/mol. The maximum atomic E-state index is 5.17. The first-order valence-electron chi connectivity index (χ1n) is 3.67. The highest BCUT2D eigenvalue weighted by atomic mass is 15.3. The second-order valence-electron chi connectivity index (χ2n) is 3.63. The molecule has 0 spiro atoms. The lowest BCUT2D eigenvalue weighted by molar-refractivity contribution is 0.406. The summed E-state index contributed by atoms with van der Waals surface area (Å²) < 4.78 is 0. The van der Waals surface area contributed by atoms with Crippen LogP contribution in [-0.2, 0) is 0 Å². The summed E-state index contributed by atoms with van der Waals surface area (Å²) in [5.41, 5.74) is 2.71. The summed E-state index contributed by atoms with van der Waals surface area (Å²) in [5.74, 6) is 5.79. The summed E-state index contributed by atoms with van der Waals surface area (Å²) in [6.45, 7) is 7.28. The second-order valence-corrected chi connectivity index (χ2v) is 3.63. The van der Waals surface area contributed by atoms with E-state index in [0.29, 0.717) is 5.96 Å². The van der Waals surface area contributed by atoms with E-state index in [9.17, 15) is 0 Å². The van der Waals surface area contributed by atoms with E-state index >= 15 is 0 Å². The van der Waals surface area contributed by atoms with Gasteiger partial charge in [-0.05, 0) is 5.41 Å². The topological polar surface area (TPSA) is 62.4 Å². The van der Waals surface area contributed by atoms with E-state index < -0.39 is 0 Å². The van der Waals surface area contributed by atoms with Crippen LogP contribution < -0.4 is 16.6 Å². The number of nitrogens with two attached hydrogens (primary N) is 1. The summed E-state index contributed by atoms with van der Waals surface area (Å²) in [5, 5.41) is 3.07. The van der Waals surface area contributed by atoms with Crippen molar-refractivity contribution in [2.24, 2.45) is 16.3 Å². The van der Waals surface area contributed by atoms with Crippen molar-refractivity contribution in [2.45, 2.75) is 20.8 Å². The highest BCUT2D eigenvalue weighted by molar-refractivity contribution is 5.78. The van der Waals surface area contributed by atoms with Gasteiger partial charge in [-0.3, -0.25) is 10.4 Å². The number of rotatable bonds is 1. The van der Waals surface area contributed by atoms with Gasteiger partial charge in [0, 0.05) is 13.6 Å². The van der Waals surface area contributed by atoms with Crippen LogP contribution >= 0.6 is 0 Å². The molecule has 66 valence electrons.